The van der Waals surface area contributed by atoms with E-state index < -0.39 is 5.60 Å². The van der Waals surface area contributed by atoms with Crippen molar-refractivity contribution in [2.45, 2.75) is 45.6 Å². The number of thioether (sulfide) groups is 1. The summed E-state index contributed by atoms with van der Waals surface area (Å²) in [6, 6.07) is 0. The average Bonchev–Trinajstić information content (AvgIpc) is 2.05. The Kier molecular flexibility index (Phi) is 6.06. The maximum absolute atomic E-state index is 9.83. The maximum atomic E-state index is 9.83. The average molecular weight is 176 g/mol. The third-order valence-electron chi connectivity index (χ3n) is 2.04. The van der Waals surface area contributed by atoms with E-state index in [-0.39, 0.29) is 0 Å². The van der Waals surface area contributed by atoms with Crippen LogP contribution in [0.5, 0.6) is 0 Å². The fourth-order valence-corrected chi connectivity index (χ4v) is 2.08. The van der Waals surface area contributed by atoms with Crippen molar-refractivity contribution in [2.75, 3.05) is 11.5 Å². The van der Waals surface area contributed by atoms with Crippen LogP contribution < -0.4 is 0 Å². The van der Waals surface area contributed by atoms with Crippen LogP contribution in [0, 0.1) is 0 Å². The zero-order valence-corrected chi connectivity index (χ0v) is 8.71. The minimum absolute atomic E-state index is 0.403. The van der Waals surface area contributed by atoms with Gasteiger partial charge in [0.2, 0.25) is 0 Å². The van der Waals surface area contributed by atoms with Gasteiger partial charge in [0.15, 0.2) is 0 Å². The Bertz CT molecular complexity index is 89.6. The van der Waals surface area contributed by atoms with E-state index in [0.29, 0.717) is 0 Å². The molecule has 0 aliphatic heterocycles. The van der Waals surface area contributed by atoms with Crippen LogP contribution in [0.1, 0.15) is 40.0 Å². The monoisotopic (exact) mass is 176 g/mol. The van der Waals surface area contributed by atoms with Gasteiger partial charge in [-0.05, 0) is 25.0 Å². The summed E-state index contributed by atoms with van der Waals surface area (Å²) >= 11 is 1.86. The minimum atomic E-state index is -0.403. The lowest BCUT2D eigenvalue weighted by Crippen LogP contribution is -2.29. The van der Waals surface area contributed by atoms with E-state index in [1.807, 2.05) is 11.8 Å². The van der Waals surface area contributed by atoms with E-state index in [0.717, 1.165) is 18.6 Å². The highest BCUT2D eigenvalue weighted by atomic mass is 32.2. The molecule has 0 unspecified atom stereocenters. The molecule has 0 rings (SSSR count). The first-order chi connectivity index (χ1) is 5.18. The molecule has 0 radical (unpaired) electrons. The number of hydrogen-bond donors (Lipinski definition) is 1. The second kappa shape index (κ2) is 5.90. The van der Waals surface area contributed by atoms with E-state index >= 15 is 0 Å². The van der Waals surface area contributed by atoms with Gasteiger partial charge in [-0.25, -0.2) is 0 Å². The van der Waals surface area contributed by atoms with Gasteiger partial charge in [-0.15, -0.1) is 0 Å². The Hall–Kier alpha value is 0.310. The molecule has 0 saturated heterocycles. The highest BCUT2D eigenvalue weighted by Crippen LogP contribution is 2.20. The molecule has 0 fully saturated rings. The molecule has 0 spiro atoms. The van der Waals surface area contributed by atoms with Gasteiger partial charge < -0.3 is 5.11 Å². The summed E-state index contributed by atoms with van der Waals surface area (Å²) in [5.41, 5.74) is -0.403. The van der Waals surface area contributed by atoms with E-state index in [9.17, 15) is 5.11 Å². The largest absolute Gasteiger partial charge is 0.389 e. The predicted molar refractivity (Wildman–Crippen MR) is 53.1 cm³/mol. The molecule has 0 saturated carbocycles. The summed E-state index contributed by atoms with van der Waals surface area (Å²) in [5.74, 6) is 2.07. The van der Waals surface area contributed by atoms with Crippen LogP contribution in [-0.2, 0) is 0 Å². The van der Waals surface area contributed by atoms with Gasteiger partial charge in [0.25, 0.3) is 0 Å². The van der Waals surface area contributed by atoms with Crippen molar-refractivity contribution >= 4 is 11.8 Å². The zero-order valence-electron chi connectivity index (χ0n) is 7.89. The summed E-state index contributed by atoms with van der Waals surface area (Å²) in [7, 11) is 0. The van der Waals surface area contributed by atoms with Crippen molar-refractivity contribution in [3.05, 3.63) is 0 Å². The van der Waals surface area contributed by atoms with Crippen LogP contribution in [-0.4, -0.2) is 22.2 Å². The predicted octanol–water partition coefficient (Wildman–Crippen LogP) is 2.68. The smallest absolute Gasteiger partial charge is 0.0732 e. The van der Waals surface area contributed by atoms with Gasteiger partial charge in [0, 0.05) is 5.75 Å². The third kappa shape index (κ3) is 4.70. The van der Waals surface area contributed by atoms with Crippen molar-refractivity contribution in [2.24, 2.45) is 0 Å². The fourth-order valence-electron chi connectivity index (χ4n) is 0.861. The Balaban J connectivity index is 3.51. The number of hydrogen-bond acceptors (Lipinski definition) is 2. The van der Waals surface area contributed by atoms with Crippen molar-refractivity contribution in [3.8, 4) is 0 Å². The van der Waals surface area contributed by atoms with Gasteiger partial charge in [-0.3, -0.25) is 0 Å². The molecule has 1 nitrogen and oxygen atoms in total. The highest BCUT2D eigenvalue weighted by Gasteiger charge is 2.21. The molecule has 0 aromatic rings. The topological polar surface area (TPSA) is 20.2 Å². The Morgan fingerprint density at radius 2 is 1.73 bits per heavy atom. The van der Waals surface area contributed by atoms with E-state index in [4.69, 9.17) is 0 Å². The molecule has 0 aliphatic rings. The molecule has 0 aromatic carbocycles. The zero-order chi connectivity index (χ0) is 8.74. The first kappa shape index (κ1) is 11.3. The quantitative estimate of drug-likeness (QED) is 0.628. The first-order valence-corrected chi connectivity index (χ1v) is 5.64. The lowest BCUT2D eigenvalue weighted by Gasteiger charge is -2.24. The molecule has 0 bridgehead atoms. The van der Waals surface area contributed by atoms with Gasteiger partial charge >= 0.3 is 0 Å². The molecule has 1 N–H and O–H groups in total. The van der Waals surface area contributed by atoms with Crippen molar-refractivity contribution in [3.63, 3.8) is 0 Å². The second-order valence-electron chi connectivity index (χ2n) is 2.98. The molecule has 2 heteroatoms. The number of rotatable bonds is 6. The summed E-state index contributed by atoms with van der Waals surface area (Å²) in [4.78, 5) is 0. The molecular weight excluding hydrogens is 156 g/mol. The standard InChI is InChI=1S/C9H20OS/c1-4-7-11-8-9(10,5-2)6-3/h10H,4-8H2,1-3H3. The summed E-state index contributed by atoms with van der Waals surface area (Å²) in [5, 5.41) is 9.83. The molecule has 0 aliphatic carbocycles. The molecule has 0 heterocycles. The first-order valence-electron chi connectivity index (χ1n) is 4.48. The fraction of sp³-hybridized carbons (Fsp3) is 1.00. The molecule has 0 atom stereocenters. The van der Waals surface area contributed by atoms with Crippen LogP contribution in [0.4, 0.5) is 0 Å². The van der Waals surface area contributed by atoms with Crippen LogP contribution >= 0.6 is 11.8 Å². The van der Waals surface area contributed by atoms with Gasteiger partial charge in [0.1, 0.15) is 0 Å². The highest BCUT2D eigenvalue weighted by molar-refractivity contribution is 7.99. The van der Waals surface area contributed by atoms with Crippen LogP contribution in [0.15, 0.2) is 0 Å². The molecule has 68 valence electrons. The molecule has 11 heavy (non-hydrogen) atoms. The van der Waals surface area contributed by atoms with Gasteiger partial charge in [-0.2, -0.15) is 11.8 Å². The minimum Gasteiger partial charge on any atom is -0.389 e. The Morgan fingerprint density at radius 1 is 1.18 bits per heavy atom. The van der Waals surface area contributed by atoms with Crippen molar-refractivity contribution in [1.82, 2.24) is 0 Å². The Labute approximate surface area is 74.6 Å². The van der Waals surface area contributed by atoms with E-state index in [1.165, 1.54) is 12.2 Å². The molecule has 0 aromatic heterocycles. The van der Waals surface area contributed by atoms with E-state index in [2.05, 4.69) is 20.8 Å². The Morgan fingerprint density at radius 3 is 2.09 bits per heavy atom. The van der Waals surface area contributed by atoms with Crippen LogP contribution in [0.2, 0.25) is 0 Å². The molecule has 0 amide bonds. The summed E-state index contributed by atoms with van der Waals surface area (Å²) < 4.78 is 0. The van der Waals surface area contributed by atoms with Gasteiger partial charge in [-0.1, -0.05) is 20.8 Å². The normalized spacial score (nSPS) is 12.0. The maximum Gasteiger partial charge on any atom is 0.0732 e. The second-order valence-corrected chi connectivity index (χ2v) is 4.09. The van der Waals surface area contributed by atoms with Crippen LogP contribution in [0.25, 0.3) is 0 Å². The number of aliphatic hydroxyl groups is 1. The third-order valence-corrected chi connectivity index (χ3v) is 3.47. The van der Waals surface area contributed by atoms with Crippen LogP contribution in [0.3, 0.4) is 0 Å². The lowest BCUT2D eigenvalue weighted by molar-refractivity contribution is 0.0572. The lowest BCUT2D eigenvalue weighted by atomic mass is 10.0. The SMILES string of the molecule is CCCSCC(O)(CC)CC. The summed E-state index contributed by atoms with van der Waals surface area (Å²) in [6.07, 6.45) is 2.95. The van der Waals surface area contributed by atoms with E-state index in [1.54, 1.807) is 0 Å². The summed E-state index contributed by atoms with van der Waals surface area (Å²) in [6.45, 7) is 6.27. The van der Waals surface area contributed by atoms with Crippen molar-refractivity contribution < 1.29 is 5.11 Å². The molecular formula is C9H20OS. The van der Waals surface area contributed by atoms with Crippen molar-refractivity contribution in [1.29, 1.82) is 0 Å². The van der Waals surface area contributed by atoms with Gasteiger partial charge in [0.05, 0.1) is 5.60 Å².